The number of carbonyl (C=O) groups is 1. The van der Waals surface area contributed by atoms with Crippen LogP contribution in [0.4, 0.5) is 17.6 Å². The Hall–Kier alpha value is -3.48. The van der Waals surface area contributed by atoms with Gasteiger partial charge in [0.05, 0.1) is 16.6 Å². The number of halogens is 4. The second-order valence-electron chi connectivity index (χ2n) is 5.76. The first-order chi connectivity index (χ1) is 13.0. The fourth-order valence-corrected chi connectivity index (χ4v) is 2.92. The zero-order valence-electron chi connectivity index (χ0n) is 13.6. The van der Waals surface area contributed by atoms with Gasteiger partial charge in [-0.1, -0.05) is 24.3 Å². The van der Waals surface area contributed by atoms with E-state index in [0.717, 1.165) is 34.9 Å². The number of hydrogen-bond donors (Lipinski definition) is 0. The lowest BCUT2D eigenvalue weighted by Gasteiger charge is -2.10. The first kappa shape index (κ1) is 17.0. The SMILES string of the molecule is O=C(c1c(F)cccc1F)n1c(-c2c(F)cccc2F)nc2ccccc21. The highest BCUT2D eigenvalue weighted by Gasteiger charge is 2.27. The molecule has 3 nitrogen and oxygen atoms in total. The number of para-hydroxylation sites is 2. The third kappa shape index (κ3) is 2.68. The predicted octanol–water partition coefficient (Wildman–Crippen LogP) is 4.95. The Morgan fingerprint density at radius 1 is 0.741 bits per heavy atom. The topological polar surface area (TPSA) is 34.9 Å². The molecule has 0 amide bonds. The van der Waals surface area contributed by atoms with Crippen LogP contribution in [0.15, 0.2) is 60.7 Å². The van der Waals surface area contributed by atoms with Crippen molar-refractivity contribution in [3.63, 3.8) is 0 Å². The molecule has 27 heavy (non-hydrogen) atoms. The van der Waals surface area contributed by atoms with Crippen molar-refractivity contribution in [1.82, 2.24) is 9.55 Å². The van der Waals surface area contributed by atoms with Crippen LogP contribution in [0.5, 0.6) is 0 Å². The summed E-state index contributed by atoms with van der Waals surface area (Å²) < 4.78 is 57.7. The molecular formula is C20H10F4N2O. The molecule has 0 fully saturated rings. The van der Waals surface area contributed by atoms with E-state index in [2.05, 4.69) is 4.98 Å². The maximum atomic E-state index is 14.3. The summed E-state index contributed by atoms with van der Waals surface area (Å²) in [6.45, 7) is 0. The number of rotatable bonds is 2. The minimum absolute atomic E-state index is 0.169. The largest absolute Gasteiger partial charge is 0.270 e. The van der Waals surface area contributed by atoms with Crippen LogP contribution >= 0.6 is 0 Å². The van der Waals surface area contributed by atoms with Crippen LogP contribution in [0.1, 0.15) is 10.4 Å². The van der Waals surface area contributed by atoms with E-state index in [9.17, 15) is 22.4 Å². The van der Waals surface area contributed by atoms with E-state index in [1.165, 1.54) is 18.2 Å². The molecule has 1 aromatic heterocycles. The van der Waals surface area contributed by atoms with Crippen LogP contribution in [0.25, 0.3) is 22.4 Å². The van der Waals surface area contributed by atoms with Gasteiger partial charge in [0.25, 0.3) is 5.91 Å². The molecule has 3 aromatic carbocycles. The van der Waals surface area contributed by atoms with Crippen LogP contribution in [-0.4, -0.2) is 15.5 Å². The zero-order valence-corrected chi connectivity index (χ0v) is 13.6. The summed E-state index contributed by atoms with van der Waals surface area (Å²) in [5.74, 6) is -5.56. The van der Waals surface area contributed by atoms with Gasteiger partial charge in [-0.3, -0.25) is 9.36 Å². The fourth-order valence-electron chi connectivity index (χ4n) is 2.92. The van der Waals surface area contributed by atoms with Crippen molar-refractivity contribution in [1.29, 1.82) is 0 Å². The average Bonchev–Trinajstić information content (AvgIpc) is 3.00. The number of hydrogen-bond acceptors (Lipinski definition) is 2. The van der Waals surface area contributed by atoms with E-state index in [-0.39, 0.29) is 16.9 Å². The van der Waals surface area contributed by atoms with Crippen molar-refractivity contribution < 1.29 is 22.4 Å². The molecule has 0 saturated carbocycles. The molecule has 0 unspecified atom stereocenters. The molecule has 0 saturated heterocycles. The summed E-state index contributed by atoms with van der Waals surface area (Å²) in [5.41, 5.74) is -0.972. The van der Waals surface area contributed by atoms with Crippen molar-refractivity contribution in [2.45, 2.75) is 0 Å². The van der Waals surface area contributed by atoms with Gasteiger partial charge in [-0.05, 0) is 36.4 Å². The van der Waals surface area contributed by atoms with Crippen molar-refractivity contribution in [3.05, 3.63) is 89.5 Å². The highest BCUT2D eigenvalue weighted by molar-refractivity contribution is 6.04. The van der Waals surface area contributed by atoms with Crippen LogP contribution in [0.2, 0.25) is 0 Å². The molecule has 4 aromatic rings. The van der Waals surface area contributed by atoms with Gasteiger partial charge in [0.15, 0.2) is 5.82 Å². The van der Waals surface area contributed by atoms with Gasteiger partial charge >= 0.3 is 0 Å². The molecule has 0 N–H and O–H groups in total. The Morgan fingerprint density at radius 3 is 1.93 bits per heavy atom. The Bertz CT molecular complexity index is 1160. The predicted molar refractivity (Wildman–Crippen MR) is 91.2 cm³/mol. The molecule has 134 valence electrons. The molecule has 0 aliphatic carbocycles. The fraction of sp³-hybridized carbons (Fsp3) is 0. The lowest BCUT2D eigenvalue weighted by molar-refractivity contribution is 0.0958. The van der Waals surface area contributed by atoms with E-state index >= 15 is 0 Å². The van der Waals surface area contributed by atoms with Crippen LogP contribution in [0, 0.1) is 23.3 Å². The number of benzene rings is 3. The van der Waals surface area contributed by atoms with Gasteiger partial charge in [-0.2, -0.15) is 0 Å². The molecular weight excluding hydrogens is 360 g/mol. The summed E-state index contributed by atoms with van der Waals surface area (Å²) in [6, 6.07) is 12.4. The quantitative estimate of drug-likeness (QED) is 0.468. The number of fused-ring (bicyclic) bond motifs is 1. The first-order valence-electron chi connectivity index (χ1n) is 7.89. The van der Waals surface area contributed by atoms with Gasteiger partial charge in [0.2, 0.25) is 0 Å². The van der Waals surface area contributed by atoms with Crippen molar-refractivity contribution in [2.24, 2.45) is 0 Å². The van der Waals surface area contributed by atoms with E-state index < -0.39 is 40.3 Å². The van der Waals surface area contributed by atoms with Gasteiger partial charge in [0.1, 0.15) is 28.8 Å². The molecule has 0 bridgehead atoms. The van der Waals surface area contributed by atoms with E-state index in [1.807, 2.05) is 0 Å². The summed E-state index contributed by atoms with van der Waals surface area (Å²) in [5, 5.41) is 0. The number of carbonyl (C=O) groups excluding carboxylic acids is 1. The first-order valence-corrected chi connectivity index (χ1v) is 7.89. The molecule has 0 radical (unpaired) electrons. The maximum absolute atomic E-state index is 14.3. The van der Waals surface area contributed by atoms with Crippen LogP contribution in [0.3, 0.4) is 0 Å². The molecule has 7 heteroatoms. The summed E-state index contributed by atoms with van der Waals surface area (Å²) in [4.78, 5) is 17.1. The van der Waals surface area contributed by atoms with Crippen molar-refractivity contribution >= 4 is 16.9 Å². The van der Waals surface area contributed by atoms with E-state index in [4.69, 9.17) is 0 Å². The minimum Gasteiger partial charge on any atom is -0.268 e. The molecule has 1 heterocycles. The van der Waals surface area contributed by atoms with Gasteiger partial charge < -0.3 is 0 Å². The standard InChI is InChI=1S/C20H10F4N2O/c21-11-5-3-6-12(22)17(11)19-25-15-9-1-2-10-16(15)26(19)20(27)18-13(23)7-4-8-14(18)24/h1-10H. The van der Waals surface area contributed by atoms with Crippen molar-refractivity contribution in [2.75, 3.05) is 0 Å². The van der Waals surface area contributed by atoms with E-state index in [1.54, 1.807) is 12.1 Å². The number of imidazole rings is 1. The zero-order chi connectivity index (χ0) is 19.1. The molecule has 0 aliphatic heterocycles. The lowest BCUT2D eigenvalue weighted by atomic mass is 10.1. The number of aromatic nitrogens is 2. The van der Waals surface area contributed by atoms with Crippen LogP contribution < -0.4 is 0 Å². The third-order valence-corrected chi connectivity index (χ3v) is 4.13. The minimum atomic E-state index is -1.11. The smallest absolute Gasteiger partial charge is 0.268 e. The van der Waals surface area contributed by atoms with Gasteiger partial charge in [-0.25, -0.2) is 22.5 Å². The average molecular weight is 370 g/mol. The summed E-state index contributed by atoms with van der Waals surface area (Å²) >= 11 is 0. The Morgan fingerprint density at radius 2 is 1.30 bits per heavy atom. The normalized spacial score (nSPS) is 11.1. The molecule has 0 spiro atoms. The summed E-state index contributed by atoms with van der Waals surface area (Å²) in [6.07, 6.45) is 0. The summed E-state index contributed by atoms with van der Waals surface area (Å²) in [7, 11) is 0. The Labute approximate surface area is 150 Å². The third-order valence-electron chi connectivity index (χ3n) is 4.13. The second kappa shape index (κ2) is 6.35. The highest BCUT2D eigenvalue weighted by atomic mass is 19.1. The highest BCUT2D eigenvalue weighted by Crippen LogP contribution is 2.30. The van der Waals surface area contributed by atoms with Crippen LogP contribution in [-0.2, 0) is 0 Å². The maximum Gasteiger partial charge on any atom is 0.270 e. The molecule has 0 atom stereocenters. The molecule has 0 aliphatic rings. The lowest BCUT2D eigenvalue weighted by Crippen LogP contribution is -2.17. The van der Waals surface area contributed by atoms with Crippen molar-refractivity contribution in [3.8, 4) is 11.4 Å². The second-order valence-corrected chi connectivity index (χ2v) is 5.76. The number of nitrogens with zero attached hydrogens (tertiary/aromatic N) is 2. The Kier molecular flexibility index (Phi) is 3.99. The monoisotopic (exact) mass is 370 g/mol. The van der Waals surface area contributed by atoms with Gasteiger partial charge in [-0.15, -0.1) is 0 Å². The molecule has 4 rings (SSSR count). The van der Waals surface area contributed by atoms with E-state index in [0.29, 0.717) is 0 Å². The van der Waals surface area contributed by atoms with Gasteiger partial charge in [0, 0.05) is 0 Å². The Balaban J connectivity index is 2.07.